The number of benzene rings is 1. The van der Waals surface area contributed by atoms with E-state index in [0.29, 0.717) is 6.04 Å². The molecule has 1 aromatic rings. The fourth-order valence-electron chi connectivity index (χ4n) is 1.81. The molecule has 0 bridgehead atoms. The standard InChI is InChI=1S/C15H19F2N/c1-2-11(10-18-14-7-8-14)9-12-3-5-13(6-4-12)15(16)17/h3-6,9,14-15,18H,2,7-8,10H2,1H3/b11-9-. The average molecular weight is 251 g/mol. The molecular weight excluding hydrogens is 232 g/mol. The van der Waals surface area contributed by atoms with Gasteiger partial charge in [0.05, 0.1) is 0 Å². The fraction of sp³-hybridized carbons (Fsp3) is 0.467. The lowest BCUT2D eigenvalue weighted by Gasteiger charge is -2.07. The van der Waals surface area contributed by atoms with Gasteiger partial charge in [-0.05, 0) is 24.8 Å². The lowest BCUT2D eigenvalue weighted by atomic mass is 10.1. The minimum Gasteiger partial charge on any atom is -0.310 e. The van der Waals surface area contributed by atoms with E-state index in [1.54, 1.807) is 12.1 Å². The second-order valence-corrected chi connectivity index (χ2v) is 4.78. The predicted molar refractivity (Wildman–Crippen MR) is 70.7 cm³/mol. The first-order valence-corrected chi connectivity index (χ1v) is 6.50. The molecule has 2 rings (SSSR count). The van der Waals surface area contributed by atoms with Crippen LogP contribution in [0.5, 0.6) is 0 Å². The summed E-state index contributed by atoms with van der Waals surface area (Å²) >= 11 is 0. The van der Waals surface area contributed by atoms with E-state index in [1.165, 1.54) is 30.5 Å². The molecule has 1 aliphatic rings. The van der Waals surface area contributed by atoms with Crippen LogP contribution in [0.15, 0.2) is 29.8 Å². The van der Waals surface area contributed by atoms with E-state index in [1.807, 2.05) is 0 Å². The molecule has 0 spiro atoms. The summed E-state index contributed by atoms with van der Waals surface area (Å²) in [6.45, 7) is 3.02. The van der Waals surface area contributed by atoms with Gasteiger partial charge in [0, 0.05) is 18.2 Å². The quantitative estimate of drug-likeness (QED) is 0.800. The Morgan fingerprint density at radius 3 is 2.50 bits per heavy atom. The largest absolute Gasteiger partial charge is 0.310 e. The number of hydrogen-bond acceptors (Lipinski definition) is 1. The first kappa shape index (κ1) is 13.2. The molecule has 0 heterocycles. The SMILES string of the molecule is CC/C(=C/c1ccc(C(F)F)cc1)CNC1CC1. The van der Waals surface area contributed by atoms with Crippen molar-refractivity contribution in [2.45, 2.75) is 38.7 Å². The molecule has 0 unspecified atom stereocenters. The molecule has 1 N–H and O–H groups in total. The lowest BCUT2D eigenvalue weighted by molar-refractivity contribution is 0.151. The van der Waals surface area contributed by atoms with Crippen molar-refractivity contribution in [3.63, 3.8) is 0 Å². The van der Waals surface area contributed by atoms with Gasteiger partial charge in [0.15, 0.2) is 0 Å². The van der Waals surface area contributed by atoms with Gasteiger partial charge in [-0.3, -0.25) is 0 Å². The molecule has 1 aliphatic carbocycles. The monoisotopic (exact) mass is 251 g/mol. The van der Waals surface area contributed by atoms with Crippen LogP contribution in [0.25, 0.3) is 6.08 Å². The smallest absolute Gasteiger partial charge is 0.263 e. The highest BCUT2D eigenvalue weighted by Gasteiger charge is 2.20. The highest BCUT2D eigenvalue weighted by molar-refractivity contribution is 5.53. The van der Waals surface area contributed by atoms with Gasteiger partial charge in [-0.25, -0.2) is 8.78 Å². The Kier molecular flexibility index (Phi) is 4.48. The van der Waals surface area contributed by atoms with Gasteiger partial charge in [0.2, 0.25) is 0 Å². The third-order valence-electron chi connectivity index (χ3n) is 3.21. The van der Waals surface area contributed by atoms with E-state index >= 15 is 0 Å². The predicted octanol–water partition coefficient (Wildman–Crippen LogP) is 4.17. The van der Waals surface area contributed by atoms with Gasteiger partial charge in [-0.15, -0.1) is 0 Å². The van der Waals surface area contributed by atoms with Crippen LogP contribution in [-0.2, 0) is 0 Å². The summed E-state index contributed by atoms with van der Waals surface area (Å²) in [5, 5.41) is 3.47. The molecular formula is C15H19F2N. The topological polar surface area (TPSA) is 12.0 Å². The number of rotatable bonds is 6. The normalized spacial score (nSPS) is 16.3. The zero-order chi connectivity index (χ0) is 13.0. The average Bonchev–Trinajstić information content (AvgIpc) is 3.19. The van der Waals surface area contributed by atoms with Crippen LogP contribution in [0.1, 0.15) is 43.7 Å². The number of halogens is 2. The minimum absolute atomic E-state index is 0.0845. The zero-order valence-electron chi connectivity index (χ0n) is 10.6. The van der Waals surface area contributed by atoms with E-state index in [-0.39, 0.29) is 5.56 Å². The van der Waals surface area contributed by atoms with Gasteiger partial charge >= 0.3 is 0 Å². The highest BCUT2D eigenvalue weighted by Crippen LogP contribution is 2.21. The van der Waals surface area contributed by atoms with E-state index in [4.69, 9.17) is 0 Å². The molecule has 1 fully saturated rings. The van der Waals surface area contributed by atoms with Crippen molar-refractivity contribution in [3.8, 4) is 0 Å². The van der Waals surface area contributed by atoms with E-state index < -0.39 is 6.43 Å². The van der Waals surface area contributed by atoms with Crippen LogP contribution >= 0.6 is 0 Å². The van der Waals surface area contributed by atoms with Crippen LogP contribution in [0.2, 0.25) is 0 Å². The first-order valence-electron chi connectivity index (χ1n) is 6.50. The second-order valence-electron chi connectivity index (χ2n) is 4.78. The maximum absolute atomic E-state index is 12.4. The van der Waals surface area contributed by atoms with Crippen molar-refractivity contribution in [1.29, 1.82) is 0 Å². The van der Waals surface area contributed by atoms with Gasteiger partial charge in [-0.2, -0.15) is 0 Å². The Morgan fingerprint density at radius 2 is 2.00 bits per heavy atom. The summed E-state index contributed by atoms with van der Waals surface area (Å²) in [7, 11) is 0. The highest BCUT2D eigenvalue weighted by atomic mass is 19.3. The van der Waals surface area contributed by atoms with Gasteiger partial charge in [-0.1, -0.05) is 42.8 Å². The molecule has 1 saturated carbocycles. The summed E-state index contributed by atoms with van der Waals surface area (Å²) in [4.78, 5) is 0. The summed E-state index contributed by atoms with van der Waals surface area (Å²) in [5.41, 5.74) is 2.39. The molecule has 1 nitrogen and oxygen atoms in total. The first-order chi connectivity index (χ1) is 8.69. The molecule has 0 amide bonds. The van der Waals surface area contributed by atoms with E-state index in [2.05, 4.69) is 18.3 Å². The summed E-state index contributed by atoms with van der Waals surface area (Å²) in [6, 6.07) is 7.21. The van der Waals surface area contributed by atoms with Gasteiger partial charge in [0.25, 0.3) is 6.43 Å². The Hall–Kier alpha value is -1.22. The van der Waals surface area contributed by atoms with Crippen molar-refractivity contribution in [2.75, 3.05) is 6.54 Å². The third-order valence-corrected chi connectivity index (χ3v) is 3.21. The molecule has 0 aliphatic heterocycles. The van der Waals surface area contributed by atoms with E-state index in [9.17, 15) is 8.78 Å². The third kappa shape index (κ3) is 3.91. The zero-order valence-corrected chi connectivity index (χ0v) is 10.6. The molecule has 0 aromatic heterocycles. The molecule has 18 heavy (non-hydrogen) atoms. The number of hydrogen-bond donors (Lipinski definition) is 1. The summed E-state index contributed by atoms with van der Waals surface area (Å²) in [6.07, 6.45) is 3.24. The molecule has 3 heteroatoms. The summed E-state index contributed by atoms with van der Waals surface area (Å²) < 4.78 is 24.8. The maximum Gasteiger partial charge on any atom is 0.263 e. The minimum atomic E-state index is -2.38. The molecule has 0 saturated heterocycles. The van der Waals surface area contributed by atoms with Crippen molar-refractivity contribution in [1.82, 2.24) is 5.32 Å². The molecule has 0 atom stereocenters. The van der Waals surface area contributed by atoms with Crippen molar-refractivity contribution >= 4 is 6.08 Å². The van der Waals surface area contributed by atoms with Crippen LogP contribution in [0, 0.1) is 0 Å². The molecule has 1 aromatic carbocycles. The van der Waals surface area contributed by atoms with Crippen LogP contribution < -0.4 is 5.32 Å². The Bertz CT molecular complexity index is 405. The number of nitrogens with one attached hydrogen (secondary N) is 1. The van der Waals surface area contributed by atoms with Crippen molar-refractivity contribution in [3.05, 3.63) is 41.0 Å². The van der Waals surface area contributed by atoms with Crippen LogP contribution in [0.4, 0.5) is 8.78 Å². The Morgan fingerprint density at radius 1 is 1.33 bits per heavy atom. The van der Waals surface area contributed by atoms with Crippen molar-refractivity contribution < 1.29 is 8.78 Å². The fourth-order valence-corrected chi connectivity index (χ4v) is 1.81. The molecule has 0 radical (unpaired) electrons. The number of alkyl halides is 2. The Labute approximate surface area is 107 Å². The molecule has 98 valence electrons. The van der Waals surface area contributed by atoms with Crippen LogP contribution in [-0.4, -0.2) is 12.6 Å². The summed E-state index contributed by atoms with van der Waals surface area (Å²) in [5.74, 6) is 0. The van der Waals surface area contributed by atoms with Gasteiger partial charge < -0.3 is 5.32 Å². The van der Waals surface area contributed by atoms with Gasteiger partial charge in [0.1, 0.15) is 0 Å². The van der Waals surface area contributed by atoms with Crippen LogP contribution in [0.3, 0.4) is 0 Å². The van der Waals surface area contributed by atoms with E-state index in [0.717, 1.165) is 18.5 Å². The second kappa shape index (κ2) is 6.10. The lowest BCUT2D eigenvalue weighted by Crippen LogP contribution is -2.18. The Balaban J connectivity index is 1.99. The maximum atomic E-state index is 12.4. The van der Waals surface area contributed by atoms with Crippen molar-refractivity contribution in [2.24, 2.45) is 0 Å².